The van der Waals surface area contributed by atoms with Gasteiger partial charge in [0.2, 0.25) is 0 Å². The Kier molecular flexibility index (Phi) is 6.77. The Bertz CT molecular complexity index is 1270. The SMILES string of the molecule is CC(=O)c1ccc2[nH]c(O)c(C(=NC3CCCCC3)c3ccc(C(=O)NCC(=O)O)cc3)c2c1. The number of hydrogen-bond acceptors (Lipinski definition) is 5. The molecule has 0 spiro atoms. The van der Waals surface area contributed by atoms with E-state index in [1.807, 2.05) is 0 Å². The van der Waals surface area contributed by atoms with Crippen LogP contribution in [0.5, 0.6) is 5.88 Å². The molecule has 8 nitrogen and oxygen atoms in total. The molecule has 34 heavy (non-hydrogen) atoms. The molecule has 1 aliphatic carbocycles. The summed E-state index contributed by atoms with van der Waals surface area (Å²) in [5, 5.41) is 22.7. The number of fused-ring (bicyclic) bond motifs is 1. The van der Waals surface area contributed by atoms with Crippen molar-refractivity contribution in [1.82, 2.24) is 10.3 Å². The number of benzene rings is 2. The fourth-order valence-electron chi connectivity index (χ4n) is 4.35. The highest BCUT2D eigenvalue weighted by Crippen LogP contribution is 2.32. The Balaban J connectivity index is 1.78. The van der Waals surface area contributed by atoms with Gasteiger partial charge in [-0.2, -0.15) is 0 Å². The third kappa shape index (κ3) is 5.01. The van der Waals surface area contributed by atoms with Gasteiger partial charge in [-0.25, -0.2) is 0 Å². The number of nitrogens with zero attached hydrogens (tertiary/aromatic N) is 1. The molecule has 1 saturated carbocycles. The Morgan fingerprint density at radius 3 is 2.29 bits per heavy atom. The van der Waals surface area contributed by atoms with Gasteiger partial charge >= 0.3 is 5.97 Å². The summed E-state index contributed by atoms with van der Waals surface area (Å²) >= 11 is 0. The molecule has 1 amide bonds. The number of ketones is 1. The van der Waals surface area contributed by atoms with Crippen molar-refractivity contribution in [3.8, 4) is 5.88 Å². The Labute approximate surface area is 196 Å². The first-order chi connectivity index (χ1) is 16.3. The summed E-state index contributed by atoms with van der Waals surface area (Å²) in [7, 11) is 0. The second-order valence-electron chi connectivity index (χ2n) is 8.59. The number of carboxylic acid groups (broad SMARTS) is 1. The van der Waals surface area contributed by atoms with Crippen molar-refractivity contribution < 1.29 is 24.6 Å². The zero-order chi connectivity index (χ0) is 24.2. The summed E-state index contributed by atoms with van der Waals surface area (Å²) in [6, 6.07) is 12.0. The Morgan fingerprint density at radius 1 is 1.00 bits per heavy atom. The van der Waals surface area contributed by atoms with Crippen molar-refractivity contribution in [2.75, 3.05) is 6.54 Å². The van der Waals surface area contributed by atoms with Gasteiger partial charge in [0, 0.05) is 27.6 Å². The van der Waals surface area contributed by atoms with E-state index in [-0.39, 0.29) is 17.7 Å². The lowest BCUT2D eigenvalue weighted by molar-refractivity contribution is -0.135. The van der Waals surface area contributed by atoms with E-state index in [4.69, 9.17) is 10.1 Å². The van der Waals surface area contributed by atoms with Crippen molar-refractivity contribution in [3.63, 3.8) is 0 Å². The van der Waals surface area contributed by atoms with Crippen LogP contribution >= 0.6 is 0 Å². The molecule has 1 aromatic heterocycles. The summed E-state index contributed by atoms with van der Waals surface area (Å²) in [6.07, 6.45) is 5.29. The number of rotatable bonds is 7. The van der Waals surface area contributed by atoms with Crippen LogP contribution in [0.15, 0.2) is 47.5 Å². The summed E-state index contributed by atoms with van der Waals surface area (Å²) in [5.41, 5.74) is 3.38. The largest absolute Gasteiger partial charge is 0.494 e. The highest BCUT2D eigenvalue weighted by atomic mass is 16.4. The number of H-pyrrole nitrogens is 1. The molecule has 1 fully saturated rings. The highest BCUT2D eigenvalue weighted by molar-refractivity contribution is 6.22. The van der Waals surface area contributed by atoms with Crippen LogP contribution in [0.4, 0.5) is 0 Å². The number of hydrogen-bond donors (Lipinski definition) is 4. The molecule has 1 heterocycles. The first-order valence-electron chi connectivity index (χ1n) is 11.4. The molecular weight excluding hydrogens is 434 g/mol. The molecule has 0 bridgehead atoms. The zero-order valence-electron chi connectivity index (χ0n) is 18.9. The average molecular weight is 462 g/mol. The second kappa shape index (κ2) is 9.91. The van der Waals surface area contributed by atoms with E-state index < -0.39 is 18.4 Å². The Hall–Kier alpha value is -3.94. The zero-order valence-corrected chi connectivity index (χ0v) is 18.9. The number of amides is 1. The number of aromatic amines is 1. The monoisotopic (exact) mass is 461 g/mol. The quantitative estimate of drug-likeness (QED) is 0.311. The number of carbonyl (C=O) groups excluding carboxylic acids is 2. The number of aromatic nitrogens is 1. The van der Waals surface area contributed by atoms with E-state index in [0.717, 1.165) is 25.7 Å². The topological polar surface area (TPSA) is 132 Å². The minimum Gasteiger partial charge on any atom is -0.494 e. The minimum atomic E-state index is -1.12. The molecule has 4 N–H and O–H groups in total. The molecule has 176 valence electrons. The molecule has 1 aliphatic rings. The predicted molar refractivity (Wildman–Crippen MR) is 129 cm³/mol. The van der Waals surface area contributed by atoms with E-state index in [2.05, 4.69) is 10.3 Å². The van der Waals surface area contributed by atoms with Crippen LogP contribution < -0.4 is 5.32 Å². The van der Waals surface area contributed by atoms with Gasteiger partial charge < -0.3 is 20.5 Å². The maximum absolute atomic E-state index is 12.2. The molecule has 0 radical (unpaired) electrons. The van der Waals surface area contributed by atoms with E-state index in [1.165, 1.54) is 13.3 Å². The standard InChI is InChI=1S/C26H27N3O5/c1-15(30)18-11-12-21-20(13-18)23(26(34)29-21)24(28-19-5-3-2-4-6-19)16-7-9-17(10-8-16)25(33)27-14-22(31)32/h7-13,19,29,34H,2-6,14H2,1H3,(H,27,33)(H,31,32). The Morgan fingerprint density at radius 2 is 1.65 bits per heavy atom. The number of Topliss-reactive ketones (excluding diaryl/α,β-unsaturated/α-hetero) is 1. The number of aliphatic carboxylic acids is 1. The van der Waals surface area contributed by atoms with Gasteiger partial charge in [0.05, 0.1) is 17.3 Å². The summed E-state index contributed by atoms with van der Waals surface area (Å²) in [6.45, 7) is 1.04. The second-order valence-corrected chi connectivity index (χ2v) is 8.59. The van der Waals surface area contributed by atoms with Gasteiger partial charge in [-0.15, -0.1) is 0 Å². The maximum Gasteiger partial charge on any atom is 0.322 e. The lowest BCUT2D eigenvalue weighted by Gasteiger charge is -2.20. The van der Waals surface area contributed by atoms with Crippen molar-refractivity contribution in [2.24, 2.45) is 4.99 Å². The normalized spacial score (nSPS) is 14.8. The predicted octanol–water partition coefficient (Wildman–Crippen LogP) is 4.06. The van der Waals surface area contributed by atoms with Crippen molar-refractivity contribution in [1.29, 1.82) is 0 Å². The number of carboxylic acids is 1. The number of aromatic hydroxyl groups is 1. The molecule has 0 saturated heterocycles. The molecule has 8 heteroatoms. The van der Waals surface area contributed by atoms with Crippen molar-refractivity contribution >= 4 is 34.3 Å². The molecule has 0 aliphatic heterocycles. The minimum absolute atomic E-state index is 0.0338. The van der Waals surface area contributed by atoms with Crippen LogP contribution in [0.2, 0.25) is 0 Å². The fourth-order valence-corrected chi connectivity index (χ4v) is 4.35. The van der Waals surface area contributed by atoms with Gasteiger partial charge in [-0.05, 0) is 50.1 Å². The summed E-state index contributed by atoms with van der Waals surface area (Å²) < 4.78 is 0. The first kappa shape index (κ1) is 23.2. The van der Waals surface area contributed by atoms with Gasteiger partial charge in [0.1, 0.15) is 6.54 Å². The summed E-state index contributed by atoms with van der Waals surface area (Å²) in [5.74, 6) is -1.71. The van der Waals surface area contributed by atoms with Crippen LogP contribution in [-0.2, 0) is 4.79 Å². The molecule has 0 atom stereocenters. The highest BCUT2D eigenvalue weighted by Gasteiger charge is 2.22. The van der Waals surface area contributed by atoms with E-state index >= 15 is 0 Å². The van der Waals surface area contributed by atoms with E-state index in [9.17, 15) is 19.5 Å². The van der Waals surface area contributed by atoms with Gasteiger partial charge in [0.15, 0.2) is 11.7 Å². The molecule has 4 rings (SSSR count). The van der Waals surface area contributed by atoms with Crippen LogP contribution in [0.3, 0.4) is 0 Å². The smallest absolute Gasteiger partial charge is 0.322 e. The van der Waals surface area contributed by atoms with Crippen LogP contribution in [-0.4, -0.2) is 51.2 Å². The molecular formula is C26H27N3O5. The number of aliphatic imine (C=N–C) groups is 1. The lowest BCUT2D eigenvalue weighted by Crippen LogP contribution is -2.29. The fraction of sp³-hybridized carbons (Fsp3) is 0.308. The summed E-state index contributed by atoms with van der Waals surface area (Å²) in [4.78, 5) is 43.0. The molecule has 2 aromatic carbocycles. The number of nitrogens with one attached hydrogen (secondary N) is 2. The first-order valence-corrected chi connectivity index (χ1v) is 11.4. The van der Waals surface area contributed by atoms with Gasteiger partial charge in [-0.3, -0.25) is 19.4 Å². The molecule has 0 unspecified atom stereocenters. The van der Waals surface area contributed by atoms with Gasteiger partial charge in [-0.1, -0.05) is 31.4 Å². The lowest BCUT2D eigenvalue weighted by atomic mass is 9.94. The van der Waals surface area contributed by atoms with Crippen LogP contribution in [0, 0.1) is 0 Å². The third-order valence-electron chi connectivity index (χ3n) is 6.13. The van der Waals surface area contributed by atoms with Crippen molar-refractivity contribution in [3.05, 3.63) is 64.7 Å². The number of carbonyl (C=O) groups is 3. The van der Waals surface area contributed by atoms with Crippen molar-refractivity contribution in [2.45, 2.75) is 45.1 Å². The van der Waals surface area contributed by atoms with Gasteiger partial charge in [0.25, 0.3) is 5.91 Å². The van der Waals surface area contributed by atoms with E-state index in [0.29, 0.717) is 38.9 Å². The third-order valence-corrected chi connectivity index (χ3v) is 6.13. The average Bonchev–Trinajstić information content (AvgIpc) is 3.16. The van der Waals surface area contributed by atoms with Crippen LogP contribution in [0.1, 0.15) is 70.9 Å². The molecule has 3 aromatic rings. The van der Waals surface area contributed by atoms with Crippen LogP contribution in [0.25, 0.3) is 10.9 Å². The maximum atomic E-state index is 12.2. The van der Waals surface area contributed by atoms with E-state index in [1.54, 1.807) is 42.5 Å².